The molecule has 0 amide bonds. The summed E-state index contributed by atoms with van der Waals surface area (Å²) in [6.07, 6.45) is 3.85. The highest BCUT2D eigenvalue weighted by atomic mass is 16.5. The largest absolute Gasteiger partial charge is 0.481 e. The lowest BCUT2D eigenvalue weighted by Gasteiger charge is -2.39. The zero-order valence-corrected chi connectivity index (χ0v) is 14.0. The highest BCUT2D eigenvalue weighted by Crippen LogP contribution is 2.26. The van der Waals surface area contributed by atoms with E-state index in [0.29, 0.717) is 11.8 Å². The molecule has 3 rings (SSSR count). The number of hydrogen-bond acceptors (Lipinski definition) is 6. The van der Waals surface area contributed by atoms with Crippen LogP contribution < -0.4 is 14.5 Å². The lowest BCUT2D eigenvalue weighted by atomic mass is 10.0. The van der Waals surface area contributed by atoms with Crippen LogP contribution in [0.1, 0.15) is 18.4 Å². The van der Waals surface area contributed by atoms with E-state index in [-0.39, 0.29) is 6.04 Å². The molecule has 2 heterocycles. The molecule has 6 heteroatoms. The normalized spacial score (nSPS) is 17.2. The fourth-order valence-corrected chi connectivity index (χ4v) is 3.11. The minimum atomic E-state index is 0.289. The third-order valence-corrected chi connectivity index (χ3v) is 4.45. The number of aromatic nitrogens is 2. The van der Waals surface area contributed by atoms with E-state index in [1.807, 2.05) is 31.3 Å². The first kappa shape index (κ1) is 16.1. The summed E-state index contributed by atoms with van der Waals surface area (Å²) in [5.41, 5.74) is 1.73. The summed E-state index contributed by atoms with van der Waals surface area (Å²) < 4.78 is 5.19. The van der Waals surface area contributed by atoms with Crippen molar-refractivity contribution in [3.05, 3.63) is 42.1 Å². The molecule has 1 unspecified atom stereocenters. The molecule has 1 aliphatic rings. The summed E-state index contributed by atoms with van der Waals surface area (Å²) in [5.74, 6) is 1.23. The molecule has 1 atom stereocenters. The number of ether oxygens (including phenoxy) is 1. The Labute approximate surface area is 142 Å². The van der Waals surface area contributed by atoms with E-state index in [1.54, 1.807) is 19.4 Å². The van der Waals surface area contributed by atoms with Gasteiger partial charge in [0.15, 0.2) is 0 Å². The van der Waals surface area contributed by atoms with Crippen LogP contribution in [0.15, 0.2) is 36.5 Å². The van der Waals surface area contributed by atoms with Crippen LogP contribution in [0, 0.1) is 11.3 Å². The third-order valence-electron chi connectivity index (χ3n) is 4.45. The van der Waals surface area contributed by atoms with Crippen LogP contribution in [0.25, 0.3) is 0 Å². The molecule has 0 saturated carbocycles. The fourth-order valence-electron chi connectivity index (χ4n) is 3.11. The number of rotatable bonds is 4. The van der Waals surface area contributed by atoms with Crippen LogP contribution in [0.2, 0.25) is 0 Å². The molecule has 0 N–H and O–H groups in total. The van der Waals surface area contributed by atoms with Gasteiger partial charge in [-0.05, 0) is 25.0 Å². The van der Waals surface area contributed by atoms with Crippen molar-refractivity contribution in [3.63, 3.8) is 0 Å². The SMILES string of the molecule is COc1ccnc(N(C)C2CCCN(c3ccccc3C#N)C2)n1. The number of piperidine rings is 1. The number of para-hydroxylation sites is 1. The topological polar surface area (TPSA) is 65.3 Å². The van der Waals surface area contributed by atoms with Gasteiger partial charge in [0.05, 0.1) is 18.4 Å². The Bertz CT molecular complexity index is 742. The molecular weight excluding hydrogens is 302 g/mol. The van der Waals surface area contributed by atoms with Gasteiger partial charge in [0.2, 0.25) is 11.8 Å². The Morgan fingerprint density at radius 3 is 2.96 bits per heavy atom. The summed E-state index contributed by atoms with van der Waals surface area (Å²) in [4.78, 5) is 13.2. The van der Waals surface area contributed by atoms with E-state index in [0.717, 1.165) is 37.2 Å². The molecule has 24 heavy (non-hydrogen) atoms. The van der Waals surface area contributed by atoms with Gasteiger partial charge in [-0.2, -0.15) is 10.2 Å². The molecule has 2 aromatic rings. The second kappa shape index (κ2) is 7.18. The van der Waals surface area contributed by atoms with Gasteiger partial charge >= 0.3 is 0 Å². The fraction of sp³-hybridized carbons (Fsp3) is 0.389. The number of benzene rings is 1. The van der Waals surface area contributed by atoms with Crippen molar-refractivity contribution in [2.24, 2.45) is 0 Å². The summed E-state index contributed by atoms with van der Waals surface area (Å²) in [6, 6.07) is 12.1. The predicted octanol–water partition coefficient (Wildman–Crippen LogP) is 2.46. The van der Waals surface area contributed by atoms with Crippen molar-refractivity contribution in [2.75, 3.05) is 37.0 Å². The van der Waals surface area contributed by atoms with E-state index in [1.165, 1.54) is 0 Å². The molecule has 0 aliphatic carbocycles. The van der Waals surface area contributed by atoms with Crippen molar-refractivity contribution >= 4 is 11.6 Å². The molecule has 124 valence electrons. The molecule has 0 bridgehead atoms. The van der Waals surface area contributed by atoms with Crippen molar-refractivity contribution in [2.45, 2.75) is 18.9 Å². The summed E-state index contributed by atoms with van der Waals surface area (Å²) >= 11 is 0. The van der Waals surface area contributed by atoms with Gasteiger partial charge in [0.25, 0.3) is 0 Å². The summed E-state index contributed by atoms with van der Waals surface area (Å²) in [5, 5.41) is 9.34. The highest BCUT2D eigenvalue weighted by Gasteiger charge is 2.26. The molecule has 1 aromatic carbocycles. The van der Waals surface area contributed by atoms with Gasteiger partial charge in [-0.3, -0.25) is 0 Å². The van der Waals surface area contributed by atoms with Crippen molar-refractivity contribution in [1.29, 1.82) is 5.26 Å². The number of hydrogen-bond donors (Lipinski definition) is 0. The molecular formula is C18H21N5O. The number of nitriles is 1. The average Bonchev–Trinajstić information content (AvgIpc) is 2.67. The zero-order valence-electron chi connectivity index (χ0n) is 14.0. The van der Waals surface area contributed by atoms with Gasteiger partial charge < -0.3 is 14.5 Å². The van der Waals surface area contributed by atoms with Crippen LogP contribution in [0.4, 0.5) is 11.6 Å². The molecule has 0 spiro atoms. The lowest BCUT2D eigenvalue weighted by Crippen LogP contribution is -2.47. The number of likely N-dealkylation sites (N-methyl/N-ethyl adjacent to an activating group) is 1. The van der Waals surface area contributed by atoms with Gasteiger partial charge in [-0.25, -0.2) is 4.98 Å². The molecule has 1 fully saturated rings. The van der Waals surface area contributed by atoms with Crippen molar-refractivity contribution < 1.29 is 4.74 Å². The maximum Gasteiger partial charge on any atom is 0.228 e. The molecule has 0 radical (unpaired) electrons. The van der Waals surface area contributed by atoms with Gasteiger partial charge in [-0.1, -0.05) is 12.1 Å². The van der Waals surface area contributed by atoms with E-state index in [4.69, 9.17) is 4.74 Å². The Morgan fingerprint density at radius 2 is 2.17 bits per heavy atom. The van der Waals surface area contributed by atoms with Crippen LogP contribution in [0.5, 0.6) is 5.88 Å². The van der Waals surface area contributed by atoms with E-state index in [9.17, 15) is 5.26 Å². The van der Waals surface area contributed by atoms with Gasteiger partial charge in [0, 0.05) is 38.4 Å². The molecule has 1 aliphatic heterocycles. The Hall–Kier alpha value is -2.81. The number of anilines is 2. The minimum Gasteiger partial charge on any atom is -0.481 e. The van der Waals surface area contributed by atoms with Crippen molar-refractivity contribution in [3.8, 4) is 11.9 Å². The van der Waals surface area contributed by atoms with Gasteiger partial charge in [-0.15, -0.1) is 0 Å². The highest BCUT2D eigenvalue weighted by molar-refractivity contribution is 5.59. The zero-order chi connectivity index (χ0) is 16.9. The first-order chi connectivity index (χ1) is 11.7. The van der Waals surface area contributed by atoms with Crippen LogP contribution in [-0.4, -0.2) is 43.3 Å². The summed E-state index contributed by atoms with van der Waals surface area (Å²) in [6.45, 7) is 1.80. The van der Waals surface area contributed by atoms with Crippen LogP contribution >= 0.6 is 0 Å². The smallest absolute Gasteiger partial charge is 0.228 e. The Kier molecular flexibility index (Phi) is 4.80. The molecule has 1 aromatic heterocycles. The lowest BCUT2D eigenvalue weighted by molar-refractivity contribution is 0.395. The minimum absolute atomic E-state index is 0.289. The van der Waals surface area contributed by atoms with E-state index < -0.39 is 0 Å². The maximum absolute atomic E-state index is 9.34. The molecule has 6 nitrogen and oxygen atoms in total. The second-order valence-electron chi connectivity index (χ2n) is 5.88. The second-order valence-corrected chi connectivity index (χ2v) is 5.88. The Morgan fingerprint density at radius 1 is 1.33 bits per heavy atom. The van der Waals surface area contributed by atoms with E-state index in [2.05, 4.69) is 25.8 Å². The predicted molar refractivity (Wildman–Crippen MR) is 93.4 cm³/mol. The quantitative estimate of drug-likeness (QED) is 0.861. The monoisotopic (exact) mass is 323 g/mol. The average molecular weight is 323 g/mol. The first-order valence-electron chi connectivity index (χ1n) is 8.07. The standard InChI is InChI=1S/C18H21N5O/c1-22(18-20-10-9-17(21-18)24-2)15-7-5-11-23(13-15)16-8-4-3-6-14(16)12-19/h3-4,6,8-10,15H,5,7,11,13H2,1-2H3. The molecule has 1 saturated heterocycles. The number of nitrogens with zero attached hydrogens (tertiary/aromatic N) is 5. The van der Waals surface area contributed by atoms with Crippen LogP contribution in [-0.2, 0) is 0 Å². The van der Waals surface area contributed by atoms with E-state index >= 15 is 0 Å². The summed E-state index contributed by atoms with van der Waals surface area (Å²) in [7, 11) is 3.62. The first-order valence-corrected chi connectivity index (χ1v) is 8.07. The van der Waals surface area contributed by atoms with Crippen LogP contribution in [0.3, 0.4) is 0 Å². The van der Waals surface area contributed by atoms with Crippen molar-refractivity contribution in [1.82, 2.24) is 9.97 Å². The number of methoxy groups -OCH3 is 1. The van der Waals surface area contributed by atoms with Gasteiger partial charge in [0.1, 0.15) is 6.07 Å². The Balaban J connectivity index is 1.79. The maximum atomic E-state index is 9.34. The third kappa shape index (κ3) is 3.25.